The summed E-state index contributed by atoms with van der Waals surface area (Å²) in [7, 11) is -3.76. The Morgan fingerprint density at radius 1 is 0.828 bits per heavy atom. The molecule has 0 aliphatic rings. The fourth-order valence-corrected chi connectivity index (χ4v) is 4.06. The van der Waals surface area contributed by atoms with Crippen molar-refractivity contribution in [1.82, 2.24) is 0 Å². The molecule has 1 amide bonds. The number of carbonyl (C=O) groups is 1. The molecule has 0 atom stereocenters. The average Bonchev–Trinajstić information content (AvgIpc) is 2.65. The van der Waals surface area contributed by atoms with Crippen LogP contribution in [0.25, 0.3) is 0 Å². The number of anilines is 2. The van der Waals surface area contributed by atoms with E-state index in [1.54, 1.807) is 30.3 Å². The van der Waals surface area contributed by atoms with Crippen LogP contribution in [0.5, 0.6) is 0 Å². The van der Waals surface area contributed by atoms with E-state index in [9.17, 15) is 13.2 Å². The number of halogens is 2. The molecule has 3 aromatic carbocycles. The third-order valence-electron chi connectivity index (χ3n) is 4.23. The molecule has 0 saturated carbocycles. The van der Waals surface area contributed by atoms with Gasteiger partial charge in [0.1, 0.15) is 0 Å². The molecule has 0 saturated heterocycles. The Kier molecular flexibility index (Phi) is 6.17. The fourth-order valence-electron chi connectivity index (χ4n) is 2.56. The SMILES string of the molecule is Cc1ccc(S(=O)(=O)Nc2ccc(C(=O)Nc3ccc(C)c(Cl)c3)c(Cl)c2)cc1. The second-order valence-corrected chi connectivity index (χ2v) is 9.03. The van der Waals surface area contributed by atoms with Crippen LogP contribution in [-0.2, 0) is 10.0 Å². The van der Waals surface area contributed by atoms with Gasteiger partial charge < -0.3 is 5.32 Å². The van der Waals surface area contributed by atoms with Crippen LogP contribution in [0.15, 0.2) is 65.6 Å². The van der Waals surface area contributed by atoms with Crippen molar-refractivity contribution in [3.05, 3.63) is 87.4 Å². The lowest BCUT2D eigenvalue weighted by molar-refractivity contribution is 0.102. The largest absolute Gasteiger partial charge is 0.322 e. The lowest BCUT2D eigenvalue weighted by atomic mass is 10.1. The van der Waals surface area contributed by atoms with Gasteiger partial charge in [-0.3, -0.25) is 9.52 Å². The van der Waals surface area contributed by atoms with Crippen molar-refractivity contribution in [1.29, 1.82) is 0 Å². The van der Waals surface area contributed by atoms with Crippen molar-refractivity contribution in [2.24, 2.45) is 0 Å². The molecule has 0 radical (unpaired) electrons. The zero-order valence-electron chi connectivity index (χ0n) is 15.7. The number of rotatable bonds is 5. The second-order valence-electron chi connectivity index (χ2n) is 6.53. The summed E-state index contributed by atoms with van der Waals surface area (Å²) in [4.78, 5) is 12.6. The first-order valence-electron chi connectivity index (χ1n) is 8.62. The number of aryl methyl sites for hydroxylation is 2. The van der Waals surface area contributed by atoms with Crippen molar-refractivity contribution >= 4 is 50.5 Å². The number of amides is 1. The van der Waals surface area contributed by atoms with Gasteiger partial charge in [0, 0.05) is 10.7 Å². The zero-order chi connectivity index (χ0) is 21.2. The lowest BCUT2D eigenvalue weighted by Crippen LogP contribution is -2.15. The molecule has 0 aliphatic carbocycles. The molecule has 3 aromatic rings. The summed E-state index contributed by atoms with van der Waals surface area (Å²) in [6.07, 6.45) is 0. The molecule has 0 bridgehead atoms. The predicted octanol–water partition coefficient (Wildman–Crippen LogP) is 5.66. The minimum Gasteiger partial charge on any atom is -0.322 e. The number of nitrogens with one attached hydrogen (secondary N) is 2. The van der Waals surface area contributed by atoms with Gasteiger partial charge in [-0.2, -0.15) is 0 Å². The minimum atomic E-state index is -3.76. The summed E-state index contributed by atoms with van der Waals surface area (Å²) in [6, 6.07) is 16.0. The molecular formula is C21H18Cl2N2O3S. The Hall–Kier alpha value is -2.54. The molecule has 29 heavy (non-hydrogen) atoms. The van der Waals surface area contributed by atoms with Gasteiger partial charge in [0.25, 0.3) is 15.9 Å². The number of hydrogen-bond acceptors (Lipinski definition) is 3. The number of benzene rings is 3. The van der Waals surface area contributed by atoms with Gasteiger partial charge in [-0.15, -0.1) is 0 Å². The van der Waals surface area contributed by atoms with Gasteiger partial charge in [-0.05, 0) is 61.9 Å². The maximum atomic E-state index is 12.5. The quantitative estimate of drug-likeness (QED) is 0.528. The summed E-state index contributed by atoms with van der Waals surface area (Å²) in [5, 5.41) is 3.37. The normalized spacial score (nSPS) is 11.2. The van der Waals surface area contributed by atoms with Crippen molar-refractivity contribution in [3.8, 4) is 0 Å². The van der Waals surface area contributed by atoms with Crippen LogP contribution in [0, 0.1) is 13.8 Å². The first-order valence-corrected chi connectivity index (χ1v) is 10.9. The summed E-state index contributed by atoms with van der Waals surface area (Å²) >= 11 is 12.3. The molecule has 3 rings (SSSR count). The van der Waals surface area contributed by atoms with E-state index in [2.05, 4.69) is 10.0 Å². The van der Waals surface area contributed by atoms with E-state index >= 15 is 0 Å². The summed E-state index contributed by atoms with van der Waals surface area (Å²) in [5.74, 6) is -0.428. The van der Waals surface area contributed by atoms with Crippen LogP contribution in [0.2, 0.25) is 10.0 Å². The van der Waals surface area contributed by atoms with Gasteiger partial charge >= 0.3 is 0 Å². The minimum absolute atomic E-state index is 0.116. The standard InChI is InChI=1S/C21H18Cl2N2O3S/c1-13-3-8-17(9-4-13)29(27,28)25-16-7-10-18(20(23)12-16)21(26)24-15-6-5-14(2)19(22)11-15/h3-12,25H,1-2H3,(H,24,26). The molecule has 0 unspecified atom stereocenters. The van der Waals surface area contributed by atoms with Crippen molar-refractivity contribution in [3.63, 3.8) is 0 Å². The topological polar surface area (TPSA) is 75.3 Å². The number of sulfonamides is 1. The highest BCUT2D eigenvalue weighted by Gasteiger charge is 2.16. The molecule has 0 aromatic heterocycles. The van der Waals surface area contributed by atoms with Gasteiger partial charge in [-0.1, -0.05) is 47.0 Å². The zero-order valence-corrected chi connectivity index (χ0v) is 18.0. The maximum absolute atomic E-state index is 12.5. The van der Waals surface area contributed by atoms with Crippen LogP contribution in [0.3, 0.4) is 0 Å². The number of carbonyl (C=O) groups excluding carboxylic acids is 1. The van der Waals surface area contributed by atoms with Gasteiger partial charge in [0.15, 0.2) is 0 Å². The third kappa shape index (κ3) is 5.09. The smallest absolute Gasteiger partial charge is 0.261 e. The summed E-state index contributed by atoms with van der Waals surface area (Å²) in [5.41, 5.74) is 2.85. The summed E-state index contributed by atoms with van der Waals surface area (Å²) < 4.78 is 27.5. The monoisotopic (exact) mass is 448 g/mol. The number of hydrogen-bond donors (Lipinski definition) is 2. The third-order valence-corrected chi connectivity index (χ3v) is 6.34. The van der Waals surface area contributed by atoms with Crippen molar-refractivity contribution in [2.45, 2.75) is 18.7 Å². The van der Waals surface area contributed by atoms with Gasteiger partial charge in [-0.25, -0.2) is 8.42 Å². The maximum Gasteiger partial charge on any atom is 0.261 e. The van der Waals surface area contributed by atoms with E-state index < -0.39 is 15.9 Å². The molecule has 0 spiro atoms. The molecule has 5 nitrogen and oxygen atoms in total. The van der Waals surface area contributed by atoms with Gasteiger partial charge in [0.05, 0.1) is 21.2 Å². The van der Waals surface area contributed by atoms with Gasteiger partial charge in [0.2, 0.25) is 0 Å². The Balaban J connectivity index is 1.78. The first-order chi connectivity index (χ1) is 13.7. The average molecular weight is 449 g/mol. The molecular weight excluding hydrogens is 431 g/mol. The highest BCUT2D eigenvalue weighted by Crippen LogP contribution is 2.25. The first kappa shape index (κ1) is 21.2. The Bertz CT molecular complexity index is 1180. The lowest BCUT2D eigenvalue weighted by Gasteiger charge is -2.11. The van der Waals surface area contributed by atoms with Crippen LogP contribution in [0.4, 0.5) is 11.4 Å². The van der Waals surface area contributed by atoms with Crippen molar-refractivity contribution in [2.75, 3.05) is 10.0 Å². The van der Waals surface area contributed by atoms with E-state index in [1.807, 2.05) is 13.8 Å². The fraction of sp³-hybridized carbons (Fsp3) is 0.0952. The van der Waals surface area contributed by atoms with E-state index in [4.69, 9.17) is 23.2 Å². The van der Waals surface area contributed by atoms with E-state index in [1.165, 1.54) is 30.3 Å². The Labute approximate surface area is 179 Å². The van der Waals surface area contributed by atoms with E-state index in [0.29, 0.717) is 10.7 Å². The van der Waals surface area contributed by atoms with E-state index in [0.717, 1.165) is 11.1 Å². The van der Waals surface area contributed by atoms with Crippen LogP contribution >= 0.6 is 23.2 Å². The molecule has 0 heterocycles. The Morgan fingerprint density at radius 3 is 2.07 bits per heavy atom. The highest BCUT2D eigenvalue weighted by molar-refractivity contribution is 7.92. The Morgan fingerprint density at radius 2 is 1.45 bits per heavy atom. The van der Waals surface area contributed by atoms with E-state index in [-0.39, 0.29) is 21.2 Å². The molecule has 0 fully saturated rings. The predicted molar refractivity (Wildman–Crippen MR) is 118 cm³/mol. The van der Waals surface area contributed by atoms with Crippen LogP contribution in [0.1, 0.15) is 21.5 Å². The van der Waals surface area contributed by atoms with Crippen LogP contribution < -0.4 is 10.0 Å². The molecule has 150 valence electrons. The molecule has 8 heteroatoms. The molecule has 0 aliphatic heterocycles. The highest BCUT2D eigenvalue weighted by atomic mass is 35.5. The summed E-state index contributed by atoms with van der Waals surface area (Å²) in [6.45, 7) is 3.74. The van der Waals surface area contributed by atoms with Crippen molar-refractivity contribution < 1.29 is 13.2 Å². The second kappa shape index (κ2) is 8.45. The van der Waals surface area contributed by atoms with Crippen LogP contribution in [-0.4, -0.2) is 14.3 Å². The molecule has 2 N–H and O–H groups in total.